The predicted octanol–water partition coefficient (Wildman–Crippen LogP) is 2.65. The molecular formula is C21H27N3O3S. The van der Waals surface area contributed by atoms with Crippen LogP contribution in [0.15, 0.2) is 48.5 Å². The number of sulfonamides is 1. The monoisotopic (exact) mass is 401 g/mol. The van der Waals surface area contributed by atoms with Gasteiger partial charge in [-0.3, -0.25) is 9.10 Å². The van der Waals surface area contributed by atoms with Crippen LogP contribution in [0.25, 0.3) is 0 Å². The van der Waals surface area contributed by atoms with E-state index in [-0.39, 0.29) is 11.9 Å². The third kappa shape index (κ3) is 4.47. The number of likely N-dealkylation sites (N-methyl/N-ethyl adjacent to an activating group) is 1. The lowest BCUT2D eigenvalue weighted by Gasteiger charge is -2.29. The molecule has 6 nitrogen and oxygen atoms in total. The van der Waals surface area contributed by atoms with Crippen LogP contribution in [-0.4, -0.2) is 46.8 Å². The molecule has 0 radical (unpaired) electrons. The van der Waals surface area contributed by atoms with Crippen LogP contribution in [0.5, 0.6) is 0 Å². The van der Waals surface area contributed by atoms with Gasteiger partial charge in [0, 0.05) is 37.4 Å². The summed E-state index contributed by atoms with van der Waals surface area (Å²) in [4.78, 5) is 14.7. The molecular weight excluding hydrogens is 374 g/mol. The largest absolute Gasteiger partial charge is 0.370 e. The Morgan fingerprint density at radius 1 is 1.21 bits per heavy atom. The summed E-state index contributed by atoms with van der Waals surface area (Å²) in [7, 11) is -1.30. The molecule has 150 valence electrons. The van der Waals surface area contributed by atoms with Crippen molar-refractivity contribution in [2.24, 2.45) is 0 Å². The van der Waals surface area contributed by atoms with E-state index in [0.29, 0.717) is 24.3 Å². The fourth-order valence-corrected chi connectivity index (χ4v) is 4.44. The lowest BCUT2D eigenvalue weighted by atomic mass is 10.0. The summed E-state index contributed by atoms with van der Waals surface area (Å²) in [5, 5.41) is 2.99. The van der Waals surface area contributed by atoms with Gasteiger partial charge in [0.25, 0.3) is 5.91 Å². The summed E-state index contributed by atoms with van der Waals surface area (Å²) in [6.45, 7) is 3.06. The summed E-state index contributed by atoms with van der Waals surface area (Å²) in [5.74, 6) is -0.146. The van der Waals surface area contributed by atoms with Gasteiger partial charge in [0.1, 0.15) is 0 Å². The van der Waals surface area contributed by atoms with Gasteiger partial charge in [-0.25, -0.2) is 8.42 Å². The predicted molar refractivity (Wildman–Crippen MR) is 114 cm³/mol. The molecule has 1 unspecified atom stereocenters. The molecule has 0 spiro atoms. The average molecular weight is 402 g/mol. The molecule has 2 aromatic rings. The second-order valence-corrected chi connectivity index (χ2v) is 9.19. The number of anilines is 2. The van der Waals surface area contributed by atoms with Gasteiger partial charge in [-0.05, 0) is 55.7 Å². The number of nitrogens with zero attached hydrogens (tertiary/aromatic N) is 2. The van der Waals surface area contributed by atoms with Gasteiger partial charge in [-0.15, -0.1) is 0 Å². The van der Waals surface area contributed by atoms with Gasteiger partial charge in [-0.2, -0.15) is 0 Å². The fourth-order valence-electron chi connectivity index (χ4n) is 3.45. The van der Waals surface area contributed by atoms with Crippen LogP contribution in [0.3, 0.4) is 0 Å². The topological polar surface area (TPSA) is 69.7 Å². The summed E-state index contributed by atoms with van der Waals surface area (Å²) in [6.07, 6.45) is 2.74. The Balaban J connectivity index is 1.67. The second-order valence-electron chi connectivity index (χ2n) is 7.29. The molecule has 0 fully saturated rings. The molecule has 0 saturated heterocycles. The number of hydrogen-bond donors (Lipinski definition) is 1. The number of carbonyl (C=O) groups excluding carboxylic acids is 1. The van der Waals surface area contributed by atoms with Crippen LogP contribution in [0.1, 0.15) is 29.3 Å². The Kier molecular flexibility index (Phi) is 5.93. The van der Waals surface area contributed by atoms with Gasteiger partial charge in [0.2, 0.25) is 10.0 Å². The van der Waals surface area contributed by atoms with Crippen molar-refractivity contribution < 1.29 is 13.2 Å². The van der Waals surface area contributed by atoms with Crippen LogP contribution in [-0.2, 0) is 16.4 Å². The number of carbonyl (C=O) groups is 1. The number of benzene rings is 2. The molecule has 0 bridgehead atoms. The molecule has 1 heterocycles. The Labute approximate surface area is 167 Å². The Morgan fingerprint density at radius 3 is 2.61 bits per heavy atom. The Bertz CT molecular complexity index is 945. The molecule has 0 saturated carbocycles. The first kappa shape index (κ1) is 20.2. The van der Waals surface area contributed by atoms with Crippen molar-refractivity contribution in [2.45, 2.75) is 25.8 Å². The van der Waals surface area contributed by atoms with E-state index in [1.54, 1.807) is 12.1 Å². The normalized spacial score (nSPS) is 14.9. The van der Waals surface area contributed by atoms with Crippen LogP contribution in [0.4, 0.5) is 11.4 Å². The van der Waals surface area contributed by atoms with Crippen molar-refractivity contribution in [3.05, 3.63) is 59.7 Å². The second kappa shape index (κ2) is 8.22. The standard InChI is InChI=1S/C21H27N3O3S/c1-16(23(2)19-9-5-4-6-10-19)15-22-21(25)18-11-12-20-17(14-18)8-7-13-24(20)28(3,26)27/h4-6,9-12,14,16H,7-8,13,15H2,1-3H3,(H,22,25). The van der Waals surface area contributed by atoms with E-state index in [1.807, 2.05) is 43.4 Å². The summed E-state index contributed by atoms with van der Waals surface area (Å²) in [5.41, 5.74) is 3.24. The van der Waals surface area contributed by atoms with E-state index in [4.69, 9.17) is 0 Å². The average Bonchev–Trinajstić information content (AvgIpc) is 2.70. The molecule has 28 heavy (non-hydrogen) atoms. The third-order valence-corrected chi connectivity index (χ3v) is 6.38. The van der Waals surface area contributed by atoms with Gasteiger partial charge < -0.3 is 10.2 Å². The zero-order valence-corrected chi connectivity index (χ0v) is 17.4. The first-order chi connectivity index (χ1) is 13.3. The molecule has 0 aliphatic carbocycles. The number of fused-ring (bicyclic) bond motifs is 1. The highest BCUT2D eigenvalue weighted by Crippen LogP contribution is 2.29. The molecule has 3 rings (SSSR count). The molecule has 1 amide bonds. The maximum absolute atomic E-state index is 12.6. The maximum Gasteiger partial charge on any atom is 0.251 e. The SMILES string of the molecule is CC(CNC(=O)c1ccc2c(c1)CCCN2S(C)(=O)=O)N(C)c1ccccc1. The number of nitrogens with one attached hydrogen (secondary N) is 1. The van der Waals surface area contributed by atoms with Gasteiger partial charge in [-0.1, -0.05) is 18.2 Å². The van der Waals surface area contributed by atoms with Crippen LogP contribution >= 0.6 is 0 Å². The highest BCUT2D eigenvalue weighted by atomic mass is 32.2. The lowest BCUT2D eigenvalue weighted by Crippen LogP contribution is -2.40. The van der Waals surface area contributed by atoms with Crippen LogP contribution in [0, 0.1) is 0 Å². The molecule has 2 aromatic carbocycles. The minimum Gasteiger partial charge on any atom is -0.370 e. The highest BCUT2D eigenvalue weighted by molar-refractivity contribution is 7.92. The zero-order chi connectivity index (χ0) is 20.3. The van der Waals surface area contributed by atoms with E-state index in [0.717, 1.165) is 24.1 Å². The van der Waals surface area contributed by atoms with Crippen LogP contribution < -0.4 is 14.5 Å². The number of rotatable bonds is 6. The molecule has 1 aliphatic rings. The summed E-state index contributed by atoms with van der Waals surface area (Å²) < 4.78 is 25.4. The fraction of sp³-hybridized carbons (Fsp3) is 0.381. The minimum atomic E-state index is -3.30. The molecule has 7 heteroatoms. The molecule has 1 atom stereocenters. The quantitative estimate of drug-likeness (QED) is 0.808. The molecule has 0 aromatic heterocycles. The smallest absolute Gasteiger partial charge is 0.251 e. The first-order valence-electron chi connectivity index (χ1n) is 9.44. The van der Waals surface area contributed by atoms with Gasteiger partial charge >= 0.3 is 0 Å². The number of hydrogen-bond acceptors (Lipinski definition) is 4. The maximum atomic E-state index is 12.6. The van der Waals surface area contributed by atoms with E-state index in [1.165, 1.54) is 10.6 Å². The minimum absolute atomic E-state index is 0.129. The Morgan fingerprint density at radius 2 is 1.93 bits per heavy atom. The van der Waals surface area contributed by atoms with Crippen molar-refractivity contribution in [1.82, 2.24) is 5.32 Å². The van der Waals surface area contributed by atoms with Crippen molar-refractivity contribution in [3.8, 4) is 0 Å². The summed E-state index contributed by atoms with van der Waals surface area (Å²) >= 11 is 0. The van der Waals surface area contributed by atoms with Gasteiger partial charge in [0.15, 0.2) is 0 Å². The Hall–Kier alpha value is -2.54. The number of aryl methyl sites for hydroxylation is 1. The highest BCUT2D eigenvalue weighted by Gasteiger charge is 2.24. The van der Waals surface area contributed by atoms with Crippen molar-refractivity contribution in [3.63, 3.8) is 0 Å². The van der Waals surface area contributed by atoms with Crippen molar-refractivity contribution in [1.29, 1.82) is 0 Å². The van der Waals surface area contributed by atoms with E-state index in [2.05, 4.69) is 17.1 Å². The van der Waals surface area contributed by atoms with Crippen molar-refractivity contribution in [2.75, 3.05) is 35.6 Å². The lowest BCUT2D eigenvalue weighted by molar-refractivity contribution is 0.0951. The van der Waals surface area contributed by atoms with E-state index >= 15 is 0 Å². The first-order valence-corrected chi connectivity index (χ1v) is 11.3. The third-order valence-electron chi connectivity index (χ3n) is 5.20. The molecule has 1 aliphatic heterocycles. The van der Waals surface area contributed by atoms with E-state index < -0.39 is 10.0 Å². The van der Waals surface area contributed by atoms with Crippen LogP contribution in [0.2, 0.25) is 0 Å². The number of para-hydroxylation sites is 1. The molecule has 1 N–H and O–H groups in total. The van der Waals surface area contributed by atoms with Crippen molar-refractivity contribution >= 4 is 27.3 Å². The number of amides is 1. The van der Waals surface area contributed by atoms with Gasteiger partial charge in [0.05, 0.1) is 11.9 Å². The van der Waals surface area contributed by atoms with E-state index in [9.17, 15) is 13.2 Å². The zero-order valence-electron chi connectivity index (χ0n) is 16.6. The summed E-state index contributed by atoms with van der Waals surface area (Å²) in [6, 6.07) is 15.4.